The second-order valence-electron chi connectivity index (χ2n) is 2.02. The second-order valence-corrected chi connectivity index (χ2v) is 2.02. The van der Waals surface area contributed by atoms with Crippen LogP contribution in [-0.2, 0) is 0 Å². The maximum atomic E-state index is 8.85. The Morgan fingerprint density at radius 2 is 1.78 bits per heavy atom. The van der Waals surface area contributed by atoms with Crippen molar-refractivity contribution >= 4 is 20.4 Å². The highest BCUT2D eigenvalue weighted by atomic mass is 16.3. The van der Waals surface area contributed by atoms with Crippen LogP contribution in [0.5, 0.6) is 5.75 Å². The molecule has 0 heterocycles. The smallest absolute Gasteiger partial charge is 0.118 e. The van der Waals surface area contributed by atoms with Gasteiger partial charge in [0.15, 0.2) is 0 Å². The first kappa shape index (κ1) is 6.27. The molecule has 44 valence electrons. The van der Waals surface area contributed by atoms with Gasteiger partial charge in [-0.3, -0.25) is 0 Å². The van der Waals surface area contributed by atoms with Crippen LogP contribution in [0.2, 0.25) is 0 Å². The van der Waals surface area contributed by atoms with Crippen molar-refractivity contribution in [1.82, 2.24) is 0 Å². The van der Waals surface area contributed by atoms with Gasteiger partial charge in [0.05, 0.1) is 7.74 Å². The number of phenolic OH excluding ortho intramolecular Hbond substituents is 1. The van der Waals surface area contributed by atoms with E-state index in [2.05, 4.69) is 7.74 Å². The summed E-state index contributed by atoms with van der Waals surface area (Å²) in [6, 6.07) is 7.27. The van der Waals surface area contributed by atoms with Crippen molar-refractivity contribution in [2.24, 2.45) is 0 Å². The van der Waals surface area contributed by atoms with Crippen molar-refractivity contribution in [3.63, 3.8) is 0 Å². The SMILES string of the molecule is BBc1ccc(O)cc1. The minimum absolute atomic E-state index is 0.340. The Balaban J connectivity index is 2.88. The van der Waals surface area contributed by atoms with Crippen LogP contribution in [0.1, 0.15) is 0 Å². The van der Waals surface area contributed by atoms with E-state index in [1.54, 1.807) is 12.1 Å². The number of benzene rings is 1. The third-order valence-electron chi connectivity index (χ3n) is 1.34. The lowest BCUT2D eigenvalue weighted by molar-refractivity contribution is 0.475. The minimum Gasteiger partial charge on any atom is -0.508 e. The van der Waals surface area contributed by atoms with E-state index in [4.69, 9.17) is 5.11 Å². The van der Waals surface area contributed by atoms with Crippen LogP contribution in [0.25, 0.3) is 0 Å². The number of rotatable bonds is 1. The van der Waals surface area contributed by atoms with Gasteiger partial charge in [0, 0.05) is 0 Å². The Bertz CT molecular complexity index is 183. The summed E-state index contributed by atoms with van der Waals surface area (Å²) in [4.78, 5) is 0. The van der Waals surface area contributed by atoms with Crippen molar-refractivity contribution in [2.75, 3.05) is 0 Å². The topological polar surface area (TPSA) is 20.2 Å². The second kappa shape index (κ2) is 2.62. The van der Waals surface area contributed by atoms with Gasteiger partial charge in [-0.05, 0) is 12.1 Å². The molecule has 0 aliphatic rings. The fourth-order valence-electron chi connectivity index (χ4n) is 0.732. The highest BCUT2D eigenvalue weighted by Gasteiger charge is 1.87. The summed E-state index contributed by atoms with van der Waals surface area (Å²) in [6.07, 6.45) is 0. The van der Waals surface area contributed by atoms with Gasteiger partial charge in [0.25, 0.3) is 0 Å². The average Bonchev–Trinajstić information content (AvgIpc) is 1.90. The van der Waals surface area contributed by atoms with Crippen LogP contribution in [0.15, 0.2) is 24.3 Å². The molecule has 0 aliphatic carbocycles. The van der Waals surface area contributed by atoms with Crippen molar-refractivity contribution in [3.05, 3.63) is 24.3 Å². The molecule has 1 nitrogen and oxygen atoms in total. The van der Waals surface area contributed by atoms with Crippen LogP contribution in [-0.4, -0.2) is 20.0 Å². The van der Waals surface area contributed by atoms with Gasteiger partial charge in [-0.15, -0.1) is 0 Å². The first-order valence-corrected chi connectivity index (χ1v) is 3.11. The van der Waals surface area contributed by atoms with Crippen LogP contribution in [0.4, 0.5) is 0 Å². The molecule has 0 spiro atoms. The molecule has 1 rings (SSSR count). The normalized spacial score (nSPS) is 8.89. The van der Waals surface area contributed by atoms with Crippen LogP contribution in [0, 0.1) is 0 Å². The Kier molecular flexibility index (Phi) is 1.83. The van der Waals surface area contributed by atoms with Crippen LogP contribution >= 0.6 is 0 Å². The van der Waals surface area contributed by atoms with Gasteiger partial charge < -0.3 is 5.11 Å². The molecule has 0 aliphatic heterocycles. The van der Waals surface area contributed by atoms with E-state index in [0.717, 1.165) is 7.17 Å². The van der Waals surface area contributed by atoms with Gasteiger partial charge in [0.2, 0.25) is 0 Å². The summed E-state index contributed by atoms with van der Waals surface area (Å²) < 4.78 is 0. The minimum atomic E-state index is 0.340. The summed E-state index contributed by atoms with van der Waals surface area (Å²) in [5.41, 5.74) is 1.26. The van der Waals surface area contributed by atoms with Gasteiger partial charge in [0.1, 0.15) is 12.9 Å². The Morgan fingerprint density at radius 1 is 1.22 bits per heavy atom. The molecule has 0 unspecified atom stereocenters. The molecule has 9 heavy (non-hydrogen) atoms. The maximum Gasteiger partial charge on any atom is 0.118 e. The number of hydrogen-bond donors (Lipinski definition) is 1. The van der Waals surface area contributed by atoms with E-state index in [1.807, 2.05) is 12.1 Å². The number of aromatic hydroxyl groups is 1. The predicted octanol–water partition coefficient (Wildman–Crippen LogP) is -0.998. The first-order valence-electron chi connectivity index (χ1n) is 3.11. The highest BCUT2D eigenvalue weighted by molar-refractivity contribution is 6.97. The third kappa shape index (κ3) is 1.53. The summed E-state index contributed by atoms with van der Waals surface area (Å²) in [7, 11) is 3.12. The summed E-state index contributed by atoms with van der Waals surface area (Å²) in [5, 5.41) is 8.85. The van der Waals surface area contributed by atoms with Crippen molar-refractivity contribution in [2.45, 2.75) is 0 Å². The van der Waals surface area contributed by atoms with Crippen LogP contribution < -0.4 is 5.46 Å². The predicted molar refractivity (Wildman–Crippen MR) is 43.4 cm³/mol. The number of phenols is 1. The number of hydrogen-bond acceptors (Lipinski definition) is 1. The summed E-state index contributed by atoms with van der Waals surface area (Å²) >= 11 is 0. The molecule has 0 bridgehead atoms. The lowest BCUT2D eigenvalue weighted by Gasteiger charge is -1.92. The highest BCUT2D eigenvalue weighted by Crippen LogP contribution is 2.01. The zero-order valence-electron chi connectivity index (χ0n) is 5.46. The molecule has 3 heteroatoms. The lowest BCUT2D eigenvalue weighted by Crippen LogP contribution is -2.12. The Labute approximate surface area is 56.3 Å². The van der Waals surface area contributed by atoms with Gasteiger partial charge in [-0.25, -0.2) is 0 Å². The third-order valence-corrected chi connectivity index (χ3v) is 1.34. The van der Waals surface area contributed by atoms with E-state index in [9.17, 15) is 0 Å². The fraction of sp³-hybridized carbons (Fsp3) is 0. The van der Waals surface area contributed by atoms with E-state index < -0.39 is 0 Å². The fourth-order valence-corrected chi connectivity index (χ4v) is 0.732. The standard InChI is InChI=1S/C6H8B2O/c7-8-5-1-3-6(9)4-2-5/h1-4,8-9H,7H2. The van der Waals surface area contributed by atoms with Gasteiger partial charge in [-0.1, -0.05) is 17.6 Å². The van der Waals surface area contributed by atoms with Crippen molar-refractivity contribution in [3.8, 4) is 5.75 Å². The molecule has 0 fully saturated rings. The summed E-state index contributed by atoms with van der Waals surface area (Å²) in [5.74, 6) is 0.340. The van der Waals surface area contributed by atoms with Crippen molar-refractivity contribution < 1.29 is 5.11 Å². The molecule has 0 saturated heterocycles. The molecule has 1 aromatic carbocycles. The average molecular weight is 118 g/mol. The van der Waals surface area contributed by atoms with Gasteiger partial charge in [-0.2, -0.15) is 0 Å². The molecule has 0 amide bonds. The molecule has 1 aromatic rings. The maximum absolute atomic E-state index is 8.85. The zero-order chi connectivity index (χ0) is 6.69. The molecule has 0 atom stereocenters. The molecule has 0 aromatic heterocycles. The van der Waals surface area contributed by atoms with E-state index in [-0.39, 0.29) is 0 Å². The van der Waals surface area contributed by atoms with E-state index in [1.165, 1.54) is 5.46 Å². The molecular weight excluding hydrogens is 110 g/mol. The lowest BCUT2D eigenvalue weighted by atomic mass is 9.51. The van der Waals surface area contributed by atoms with Gasteiger partial charge >= 0.3 is 0 Å². The molecular formula is C6H8B2O. The van der Waals surface area contributed by atoms with E-state index in [0.29, 0.717) is 5.75 Å². The zero-order valence-corrected chi connectivity index (χ0v) is 5.46. The van der Waals surface area contributed by atoms with E-state index >= 15 is 0 Å². The molecule has 1 N–H and O–H groups in total. The molecule has 0 saturated carbocycles. The Hall–Kier alpha value is -0.850. The summed E-state index contributed by atoms with van der Waals surface area (Å²) in [6.45, 7) is 0. The quantitative estimate of drug-likeness (QED) is 0.469. The Morgan fingerprint density at radius 3 is 2.22 bits per heavy atom. The van der Waals surface area contributed by atoms with Crippen molar-refractivity contribution in [1.29, 1.82) is 0 Å². The first-order chi connectivity index (χ1) is 4.33. The monoisotopic (exact) mass is 118 g/mol. The largest absolute Gasteiger partial charge is 0.508 e. The molecule has 0 radical (unpaired) electrons. The van der Waals surface area contributed by atoms with Crippen LogP contribution in [0.3, 0.4) is 0 Å².